The van der Waals surface area contributed by atoms with Gasteiger partial charge < -0.3 is 29.2 Å². The Hall–Kier alpha value is -3.41. The number of aromatic nitrogens is 4. The van der Waals surface area contributed by atoms with Crippen molar-refractivity contribution >= 4 is 34.5 Å². The van der Waals surface area contributed by atoms with E-state index in [1.54, 1.807) is 27.6 Å². The predicted molar refractivity (Wildman–Crippen MR) is 148 cm³/mol. The van der Waals surface area contributed by atoms with Crippen LogP contribution in [0.4, 0.5) is 17.6 Å². The Morgan fingerprint density at radius 3 is 2.02 bits per heavy atom. The highest BCUT2D eigenvalue weighted by Crippen LogP contribution is 2.45. The van der Waals surface area contributed by atoms with Crippen molar-refractivity contribution in [3.63, 3.8) is 0 Å². The number of hydrogen-bond donors (Lipinski definition) is 4. The van der Waals surface area contributed by atoms with Gasteiger partial charge in [-0.25, -0.2) is 9.59 Å². The molecule has 0 saturated carbocycles. The average molecular weight is 766 g/mol. The van der Waals surface area contributed by atoms with Crippen molar-refractivity contribution in [2.24, 2.45) is 0 Å². The zero-order valence-corrected chi connectivity index (χ0v) is 25.8. The number of carbonyl (C=O) groups is 2. The maximum atomic E-state index is 14.9. The van der Waals surface area contributed by atoms with Crippen LogP contribution in [-0.4, -0.2) is 89.7 Å². The lowest BCUT2D eigenvalue weighted by molar-refractivity contribution is -0.176. The molecule has 2 aliphatic heterocycles. The molecule has 0 amide bonds. The number of aromatic amines is 2. The summed E-state index contributed by atoms with van der Waals surface area (Å²) in [5.74, 6) is -9.35. The number of H-pyrrole nitrogens is 2. The Bertz CT molecular complexity index is 1660. The van der Waals surface area contributed by atoms with Gasteiger partial charge in [-0.05, 0) is 36.4 Å². The van der Waals surface area contributed by atoms with Crippen molar-refractivity contribution in [3.8, 4) is 0 Å². The molecule has 2 aliphatic rings. The number of alkyl halides is 4. The van der Waals surface area contributed by atoms with E-state index in [2.05, 4.69) is 0 Å². The first-order valence-electron chi connectivity index (χ1n) is 12.8. The molecule has 2 saturated heterocycles. The summed E-state index contributed by atoms with van der Waals surface area (Å²) in [6, 6.07) is 0.878. The number of nitrogens with one attached hydrogen (secondary N) is 2. The van der Waals surface area contributed by atoms with Crippen LogP contribution in [0.25, 0.3) is 0 Å². The monoisotopic (exact) mass is 766 g/mol. The lowest BCUT2D eigenvalue weighted by atomic mass is 10.1. The van der Waals surface area contributed by atoms with Gasteiger partial charge in [-0.15, -0.1) is 0 Å². The Balaban J connectivity index is 0.000000257. The fourth-order valence-electron chi connectivity index (χ4n) is 4.49. The SMILES string of the molecule is CC(=O)OC(C)[C@H]1O[C@@H](n2cc(I)c(=O)[nH]c2=O)C(F)(F)[C@@H]1OC(C)=O.CC(O)[C@H]1O[C@@H](n2ccc(=O)[nH]c2=O)C(F)(F)[C@@H]1O. The molecule has 4 rings (SSSR count). The predicted octanol–water partition coefficient (Wildman–Crippen LogP) is -0.632. The third-order valence-electron chi connectivity index (χ3n) is 6.48. The van der Waals surface area contributed by atoms with Gasteiger partial charge in [-0.2, -0.15) is 17.6 Å². The van der Waals surface area contributed by atoms with Crippen molar-refractivity contribution in [1.82, 2.24) is 19.1 Å². The zero-order valence-electron chi connectivity index (χ0n) is 23.6. The molecule has 8 atom stereocenters. The first kappa shape index (κ1) is 36.1. The second kappa shape index (κ2) is 13.5. The van der Waals surface area contributed by atoms with Crippen molar-refractivity contribution < 1.29 is 56.3 Å². The Morgan fingerprint density at radius 2 is 1.51 bits per heavy atom. The minimum absolute atomic E-state index is 0.0258. The third kappa shape index (κ3) is 7.53. The molecule has 0 bridgehead atoms. The fraction of sp³-hybridized carbons (Fsp3) is 0.583. The Morgan fingerprint density at radius 1 is 0.956 bits per heavy atom. The molecule has 0 aliphatic carbocycles. The Kier molecular flexibility index (Phi) is 10.8. The van der Waals surface area contributed by atoms with Gasteiger partial charge in [-0.3, -0.25) is 38.3 Å². The van der Waals surface area contributed by atoms with Crippen LogP contribution in [0.5, 0.6) is 0 Å². The number of aliphatic hydroxyl groups excluding tert-OH is 2. The average Bonchev–Trinajstić information content (AvgIpc) is 3.30. The van der Waals surface area contributed by atoms with Crippen LogP contribution in [0.15, 0.2) is 37.6 Å². The highest BCUT2D eigenvalue weighted by molar-refractivity contribution is 14.1. The summed E-state index contributed by atoms with van der Waals surface area (Å²) in [5, 5.41) is 18.7. The molecule has 4 N–H and O–H groups in total. The number of esters is 2. The van der Waals surface area contributed by atoms with E-state index >= 15 is 0 Å². The number of hydrogen-bond acceptors (Lipinski definition) is 12. The molecule has 2 unspecified atom stereocenters. The van der Waals surface area contributed by atoms with Crippen LogP contribution in [0.1, 0.15) is 40.2 Å². The molecule has 16 nitrogen and oxygen atoms in total. The Labute approximate surface area is 262 Å². The molecule has 0 radical (unpaired) electrons. The van der Waals surface area contributed by atoms with E-state index in [0.29, 0.717) is 9.13 Å². The largest absolute Gasteiger partial charge is 0.460 e. The van der Waals surface area contributed by atoms with Crippen molar-refractivity contribution in [2.75, 3.05) is 0 Å². The molecular formula is C24H27F4IN4O12. The summed E-state index contributed by atoms with van der Waals surface area (Å²) in [5.41, 5.74) is -3.69. The number of halogens is 5. The first-order valence-corrected chi connectivity index (χ1v) is 13.9. The number of carbonyl (C=O) groups excluding carboxylic acids is 2. The number of rotatable bonds is 6. The van der Waals surface area contributed by atoms with Gasteiger partial charge >= 0.3 is 35.2 Å². The van der Waals surface area contributed by atoms with Gasteiger partial charge in [0.2, 0.25) is 12.5 Å². The summed E-state index contributed by atoms with van der Waals surface area (Å²) in [6.07, 6.45) is -12.5. The summed E-state index contributed by atoms with van der Waals surface area (Å²) < 4.78 is 78.0. The molecule has 45 heavy (non-hydrogen) atoms. The molecule has 0 spiro atoms. The number of nitrogens with zero attached hydrogens (tertiary/aromatic N) is 2. The molecule has 21 heteroatoms. The minimum Gasteiger partial charge on any atom is -0.460 e. The zero-order chi connectivity index (χ0) is 34.2. The molecule has 0 aromatic carbocycles. The molecule has 2 aromatic rings. The van der Waals surface area contributed by atoms with Crippen LogP contribution in [0, 0.1) is 3.57 Å². The maximum Gasteiger partial charge on any atom is 0.331 e. The van der Waals surface area contributed by atoms with Crippen LogP contribution >= 0.6 is 22.6 Å². The van der Waals surface area contributed by atoms with E-state index in [9.17, 15) is 56.5 Å². The topological polar surface area (TPSA) is 221 Å². The summed E-state index contributed by atoms with van der Waals surface area (Å²) in [7, 11) is 0. The van der Waals surface area contributed by atoms with Crippen molar-refractivity contribution in [1.29, 1.82) is 0 Å². The van der Waals surface area contributed by atoms with Gasteiger partial charge in [0.25, 0.3) is 11.1 Å². The molecule has 4 heterocycles. The summed E-state index contributed by atoms with van der Waals surface area (Å²) in [4.78, 5) is 71.8. The van der Waals surface area contributed by atoms with Gasteiger partial charge in [0, 0.05) is 32.3 Å². The lowest BCUT2D eigenvalue weighted by Gasteiger charge is -2.25. The lowest BCUT2D eigenvalue weighted by Crippen LogP contribution is -2.46. The van der Waals surface area contributed by atoms with E-state index in [1.807, 2.05) is 4.98 Å². The first-order chi connectivity index (χ1) is 20.7. The van der Waals surface area contributed by atoms with Gasteiger partial charge in [0.1, 0.15) is 18.3 Å². The standard InChI is InChI=1S/C14H15F2IN2O7.C10H12F2N2O5/c1-5(24-6(2)20)9-10(25-7(3)21)14(15,16)12(26-9)19-4-8(17)11(22)18-13(19)23;1-4(15)6-7(17)10(11,12)8(19-6)14-3-2-5(16)13-9(14)18/h4-5,9-10,12H,1-3H3,(H,18,22,23);2-4,6-8,15,17H,1H3,(H,13,16,18)/t5?,9-,10-,12-;4?,6-,7-,8-/m11/s1. The number of ether oxygens (including phenoxy) is 4. The van der Waals surface area contributed by atoms with Crippen LogP contribution < -0.4 is 22.5 Å². The molecule has 2 aromatic heterocycles. The smallest absolute Gasteiger partial charge is 0.331 e. The van der Waals surface area contributed by atoms with Crippen LogP contribution in [0.2, 0.25) is 0 Å². The second-order valence-corrected chi connectivity index (χ2v) is 11.1. The maximum absolute atomic E-state index is 14.9. The number of aliphatic hydroxyl groups is 2. The van der Waals surface area contributed by atoms with E-state index in [1.165, 1.54) is 13.8 Å². The van der Waals surface area contributed by atoms with Gasteiger partial charge in [0.15, 0.2) is 12.2 Å². The molecule has 250 valence electrons. The molecule has 2 fully saturated rings. The summed E-state index contributed by atoms with van der Waals surface area (Å²) >= 11 is 1.57. The van der Waals surface area contributed by atoms with E-state index in [0.717, 1.165) is 32.3 Å². The van der Waals surface area contributed by atoms with Gasteiger partial charge in [-0.1, -0.05) is 0 Å². The van der Waals surface area contributed by atoms with Crippen molar-refractivity contribution in [3.05, 3.63) is 63.7 Å². The van der Waals surface area contributed by atoms with Gasteiger partial charge in [0.05, 0.1) is 9.67 Å². The van der Waals surface area contributed by atoms with Crippen molar-refractivity contribution in [2.45, 2.75) is 88.6 Å². The fourth-order valence-corrected chi connectivity index (χ4v) is 4.92. The van der Waals surface area contributed by atoms with E-state index in [-0.39, 0.29) is 3.57 Å². The minimum atomic E-state index is -3.84. The van der Waals surface area contributed by atoms with E-state index in [4.69, 9.17) is 18.9 Å². The highest BCUT2D eigenvalue weighted by atomic mass is 127. The van der Waals surface area contributed by atoms with E-state index < -0.39 is 95.4 Å². The normalized spacial score (nSPS) is 28.0. The molecular weight excluding hydrogens is 739 g/mol. The third-order valence-corrected chi connectivity index (χ3v) is 7.25. The van der Waals surface area contributed by atoms with Crippen LogP contribution in [0.3, 0.4) is 0 Å². The summed E-state index contributed by atoms with van der Waals surface area (Å²) in [6.45, 7) is 4.49. The quantitative estimate of drug-likeness (QED) is 0.164. The second-order valence-electron chi connectivity index (χ2n) is 9.95. The highest BCUT2D eigenvalue weighted by Gasteiger charge is 2.64. The van der Waals surface area contributed by atoms with Crippen LogP contribution in [-0.2, 0) is 28.5 Å².